The summed E-state index contributed by atoms with van der Waals surface area (Å²) in [5, 5.41) is 3.01. The first-order valence-corrected chi connectivity index (χ1v) is 9.88. The summed E-state index contributed by atoms with van der Waals surface area (Å²) >= 11 is 1.64. The molecule has 2 heterocycles. The molecule has 0 bridgehead atoms. The van der Waals surface area contributed by atoms with Gasteiger partial charge in [-0.1, -0.05) is 36.4 Å². The minimum absolute atomic E-state index is 0.0546. The van der Waals surface area contributed by atoms with Crippen molar-refractivity contribution in [3.05, 3.63) is 77.3 Å². The van der Waals surface area contributed by atoms with Crippen molar-refractivity contribution in [2.75, 3.05) is 31.1 Å². The van der Waals surface area contributed by atoms with Crippen molar-refractivity contribution < 1.29 is 9.53 Å². The van der Waals surface area contributed by atoms with E-state index < -0.39 is 0 Å². The first kappa shape index (κ1) is 17.5. The second-order valence-corrected chi connectivity index (χ2v) is 7.27. The van der Waals surface area contributed by atoms with E-state index >= 15 is 0 Å². The van der Waals surface area contributed by atoms with E-state index in [1.54, 1.807) is 11.3 Å². The number of anilines is 1. The van der Waals surface area contributed by atoms with E-state index in [4.69, 9.17) is 4.74 Å². The monoisotopic (exact) mass is 379 g/mol. The average molecular weight is 379 g/mol. The molecule has 138 valence electrons. The van der Waals surface area contributed by atoms with E-state index in [1.807, 2.05) is 71.1 Å². The predicted octanol–water partition coefficient (Wildman–Crippen LogP) is 3.68. The van der Waals surface area contributed by atoms with Gasteiger partial charge in [0, 0.05) is 43.3 Å². The van der Waals surface area contributed by atoms with Gasteiger partial charge in [0.25, 0.3) is 5.91 Å². The predicted molar refractivity (Wildman–Crippen MR) is 107 cm³/mol. The van der Waals surface area contributed by atoms with Gasteiger partial charge in [-0.3, -0.25) is 4.79 Å². The molecular formula is C21H21N3O2S. The molecular weight excluding hydrogens is 358 g/mol. The molecule has 4 rings (SSSR count). The number of hydrogen-bond donors (Lipinski definition) is 0. The van der Waals surface area contributed by atoms with Crippen LogP contribution in [0.2, 0.25) is 0 Å². The van der Waals surface area contributed by atoms with E-state index in [-0.39, 0.29) is 5.91 Å². The highest BCUT2D eigenvalue weighted by atomic mass is 32.1. The van der Waals surface area contributed by atoms with Crippen molar-refractivity contribution >= 4 is 22.4 Å². The Morgan fingerprint density at radius 2 is 1.85 bits per heavy atom. The first-order chi connectivity index (χ1) is 13.3. The highest BCUT2D eigenvalue weighted by Crippen LogP contribution is 2.21. The number of piperazine rings is 1. The van der Waals surface area contributed by atoms with Gasteiger partial charge in [-0.25, -0.2) is 4.98 Å². The van der Waals surface area contributed by atoms with E-state index in [0.29, 0.717) is 31.0 Å². The van der Waals surface area contributed by atoms with Crippen LogP contribution in [0.4, 0.5) is 5.13 Å². The van der Waals surface area contributed by atoms with Crippen molar-refractivity contribution in [1.82, 2.24) is 9.88 Å². The summed E-state index contributed by atoms with van der Waals surface area (Å²) in [5.41, 5.74) is 1.77. The number of amides is 1. The molecule has 1 aliphatic heterocycles. The second kappa shape index (κ2) is 8.22. The molecule has 2 aromatic carbocycles. The normalized spacial score (nSPS) is 14.2. The lowest BCUT2D eigenvalue weighted by atomic mass is 10.1. The molecule has 0 spiro atoms. The zero-order chi connectivity index (χ0) is 18.5. The van der Waals surface area contributed by atoms with Crippen LogP contribution in [-0.4, -0.2) is 42.0 Å². The third kappa shape index (κ3) is 4.28. The van der Waals surface area contributed by atoms with Crippen molar-refractivity contribution in [1.29, 1.82) is 0 Å². The van der Waals surface area contributed by atoms with Crippen LogP contribution in [0.3, 0.4) is 0 Å². The molecule has 0 saturated carbocycles. The maximum absolute atomic E-state index is 12.9. The van der Waals surface area contributed by atoms with Crippen LogP contribution in [0.5, 0.6) is 5.75 Å². The van der Waals surface area contributed by atoms with Gasteiger partial charge in [0.1, 0.15) is 12.4 Å². The molecule has 1 aliphatic rings. The third-order valence-corrected chi connectivity index (χ3v) is 5.42. The molecule has 1 saturated heterocycles. The van der Waals surface area contributed by atoms with Gasteiger partial charge in [0.15, 0.2) is 5.13 Å². The Morgan fingerprint density at radius 1 is 1.04 bits per heavy atom. The summed E-state index contributed by atoms with van der Waals surface area (Å²) < 4.78 is 5.85. The fourth-order valence-corrected chi connectivity index (χ4v) is 3.81. The lowest BCUT2D eigenvalue weighted by Gasteiger charge is -2.34. The standard InChI is InChI=1S/C21H21N3O2S/c25-20(23-10-12-24(13-11-23)21-22-9-14-27-21)18-7-4-8-19(15-18)26-16-17-5-2-1-3-6-17/h1-9,14-15H,10-13,16H2. The topological polar surface area (TPSA) is 45.7 Å². The zero-order valence-corrected chi connectivity index (χ0v) is 15.8. The largest absolute Gasteiger partial charge is 0.489 e. The molecule has 0 aliphatic carbocycles. The molecule has 0 unspecified atom stereocenters. The third-order valence-electron chi connectivity index (χ3n) is 4.59. The van der Waals surface area contributed by atoms with Crippen LogP contribution in [0.25, 0.3) is 0 Å². The fourth-order valence-electron chi connectivity index (χ4n) is 3.12. The number of carbonyl (C=O) groups is 1. The second-order valence-electron chi connectivity index (χ2n) is 6.40. The molecule has 1 amide bonds. The van der Waals surface area contributed by atoms with Gasteiger partial charge in [-0.2, -0.15) is 0 Å². The van der Waals surface area contributed by atoms with Crippen LogP contribution < -0.4 is 9.64 Å². The van der Waals surface area contributed by atoms with Crippen molar-refractivity contribution in [3.8, 4) is 5.75 Å². The number of aromatic nitrogens is 1. The highest BCUT2D eigenvalue weighted by molar-refractivity contribution is 7.13. The maximum Gasteiger partial charge on any atom is 0.254 e. The van der Waals surface area contributed by atoms with Crippen molar-refractivity contribution in [3.63, 3.8) is 0 Å². The van der Waals surface area contributed by atoms with Gasteiger partial charge in [0.2, 0.25) is 0 Å². The summed E-state index contributed by atoms with van der Waals surface area (Å²) in [6.45, 7) is 3.51. The summed E-state index contributed by atoms with van der Waals surface area (Å²) in [6, 6.07) is 17.5. The average Bonchev–Trinajstić information content (AvgIpc) is 3.28. The van der Waals surface area contributed by atoms with Crippen LogP contribution in [0.1, 0.15) is 15.9 Å². The van der Waals surface area contributed by atoms with Gasteiger partial charge in [0.05, 0.1) is 0 Å². The smallest absolute Gasteiger partial charge is 0.254 e. The van der Waals surface area contributed by atoms with Crippen molar-refractivity contribution in [2.45, 2.75) is 6.61 Å². The first-order valence-electron chi connectivity index (χ1n) is 9.00. The highest BCUT2D eigenvalue weighted by Gasteiger charge is 2.23. The number of nitrogens with zero attached hydrogens (tertiary/aromatic N) is 3. The SMILES string of the molecule is O=C(c1cccc(OCc2ccccc2)c1)N1CCN(c2nccs2)CC1. The Kier molecular flexibility index (Phi) is 5.34. The lowest BCUT2D eigenvalue weighted by Crippen LogP contribution is -2.48. The number of ether oxygens (including phenoxy) is 1. The summed E-state index contributed by atoms with van der Waals surface area (Å²) in [5.74, 6) is 0.769. The molecule has 0 atom stereocenters. The van der Waals surface area contributed by atoms with E-state index in [9.17, 15) is 4.79 Å². The van der Waals surface area contributed by atoms with Crippen molar-refractivity contribution in [2.24, 2.45) is 0 Å². The molecule has 5 nitrogen and oxygen atoms in total. The van der Waals surface area contributed by atoms with Gasteiger partial charge >= 0.3 is 0 Å². The number of thiazole rings is 1. The van der Waals surface area contributed by atoms with Gasteiger partial charge < -0.3 is 14.5 Å². The number of benzene rings is 2. The molecule has 27 heavy (non-hydrogen) atoms. The molecule has 1 aromatic heterocycles. The Balaban J connectivity index is 1.36. The minimum atomic E-state index is 0.0546. The van der Waals surface area contributed by atoms with Gasteiger partial charge in [-0.15, -0.1) is 11.3 Å². The number of hydrogen-bond acceptors (Lipinski definition) is 5. The summed E-state index contributed by atoms with van der Waals surface area (Å²) in [7, 11) is 0. The zero-order valence-electron chi connectivity index (χ0n) is 15.0. The molecule has 0 N–H and O–H groups in total. The van der Waals surface area contributed by atoms with Crippen LogP contribution in [-0.2, 0) is 6.61 Å². The van der Waals surface area contributed by atoms with Gasteiger partial charge in [-0.05, 0) is 23.8 Å². The van der Waals surface area contributed by atoms with E-state index in [2.05, 4.69) is 9.88 Å². The summed E-state index contributed by atoms with van der Waals surface area (Å²) in [4.78, 5) is 21.3. The van der Waals surface area contributed by atoms with Crippen LogP contribution in [0, 0.1) is 0 Å². The van der Waals surface area contributed by atoms with Crippen LogP contribution >= 0.6 is 11.3 Å². The molecule has 0 radical (unpaired) electrons. The number of rotatable bonds is 5. The Morgan fingerprint density at radius 3 is 2.59 bits per heavy atom. The van der Waals surface area contributed by atoms with E-state index in [1.165, 1.54) is 0 Å². The lowest BCUT2D eigenvalue weighted by molar-refractivity contribution is 0.0746. The molecule has 6 heteroatoms. The molecule has 3 aromatic rings. The summed E-state index contributed by atoms with van der Waals surface area (Å²) in [6.07, 6.45) is 1.82. The minimum Gasteiger partial charge on any atom is -0.489 e. The Hall–Kier alpha value is -2.86. The quantitative estimate of drug-likeness (QED) is 0.678. The number of carbonyl (C=O) groups excluding carboxylic acids is 1. The fraction of sp³-hybridized carbons (Fsp3) is 0.238. The Labute approximate surface area is 162 Å². The Bertz CT molecular complexity index is 875. The van der Waals surface area contributed by atoms with Crippen LogP contribution in [0.15, 0.2) is 66.2 Å². The maximum atomic E-state index is 12.9. The molecule has 1 fully saturated rings. The van der Waals surface area contributed by atoms with E-state index in [0.717, 1.165) is 23.8 Å².